The first kappa shape index (κ1) is 51.0. The van der Waals surface area contributed by atoms with E-state index in [0.29, 0.717) is 24.7 Å². The first-order valence-corrected chi connectivity index (χ1v) is 31.9. The summed E-state index contributed by atoms with van der Waals surface area (Å²) >= 11 is 0. The molecule has 0 aromatic heterocycles. The van der Waals surface area contributed by atoms with E-state index in [2.05, 4.69) is 134 Å². The minimum atomic E-state index is -2.07. The molecule has 3 fully saturated rings. The maximum atomic E-state index is 7.38. The fraction of sp³-hybridized carbons (Fsp3) is 0.878. The van der Waals surface area contributed by atoms with E-state index in [4.69, 9.17) is 22.8 Å². The van der Waals surface area contributed by atoms with Gasteiger partial charge >= 0.3 is 0 Å². The van der Waals surface area contributed by atoms with E-state index < -0.39 is 25.0 Å². The van der Waals surface area contributed by atoms with Crippen LogP contribution in [0.15, 0.2) is 34.9 Å². The van der Waals surface area contributed by atoms with Crippen molar-refractivity contribution in [2.45, 2.75) is 233 Å². The molecule has 0 aromatic rings. The number of ether oxygens (including phenoxy) is 2. The largest absolute Gasteiger partial charge is 0.412 e. The van der Waals surface area contributed by atoms with Gasteiger partial charge in [0.05, 0.1) is 24.4 Å². The second-order valence-corrected chi connectivity index (χ2v) is 36.8. The molecule has 0 radical (unpaired) electrons. The molecule has 0 amide bonds. The van der Waals surface area contributed by atoms with Crippen LogP contribution in [0.25, 0.3) is 0 Å². The standard InChI is InChI=1S/C49H94O5Si3/c1-19-57(20-2,21-3)54-48(11,12)32-22-25-38(4)42-30-31-43-40(26-23-33-49(42,43)13)29-28-39-35-44(52-55(15,16)46(5,6)7)41(27-24-34-51-37-50-14)45(36-39)53-56(17,18)47(8,9)10/h27-29,38,42-45H,19-26,30-37H2,1-18H3/b39-28?,40-29+,41-27?/t38-,42?,43?,44-,45-,49-/m1/s1. The van der Waals surface area contributed by atoms with Gasteiger partial charge < -0.3 is 22.8 Å². The van der Waals surface area contributed by atoms with Gasteiger partial charge in [-0.2, -0.15) is 0 Å². The average molecular weight is 848 g/mol. The Bertz CT molecular complexity index is 1300. The molecule has 332 valence electrons. The molecular weight excluding hydrogens is 753 g/mol. The minimum absolute atomic E-state index is 0.0120. The van der Waals surface area contributed by atoms with Gasteiger partial charge in [0.15, 0.2) is 25.0 Å². The molecule has 8 heteroatoms. The summed E-state index contributed by atoms with van der Waals surface area (Å²) in [4.78, 5) is 0. The van der Waals surface area contributed by atoms with Crippen LogP contribution in [0, 0.1) is 23.2 Å². The van der Waals surface area contributed by atoms with Gasteiger partial charge in [-0.15, -0.1) is 0 Å². The van der Waals surface area contributed by atoms with E-state index in [-0.39, 0.29) is 27.9 Å². The molecule has 0 N–H and O–H groups in total. The molecule has 0 aliphatic heterocycles. The molecule has 3 saturated carbocycles. The maximum Gasteiger partial charge on any atom is 0.192 e. The fourth-order valence-corrected chi connectivity index (χ4v) is 16.0. The van der Waals surface area contributed by atoms with E-state index in [0.717, 1.165) is 31.1 Å². The van der Waals surface area contributed by atoms with Crippen LogP contribution in [0.1, 0.15) is 161 Å². The molecule has 5 nitrogen and oxygen atoms in total. The highest BCUT2D eigenvalue weighted by Crippen LogP contribution is 2.60. The summed E-state index contributed by atoms with van der Waals surface area (Å²) in [5.41, 5.74) is 4.93. The molecule has 2 unspecified atom stereocenters. The zero-order valence-corrected chi connectivity index (χ0v) is 44.0. The molecule has 0 aromatic carbocycles. The Labute approximate surface area is 357 Å². The molecular formula is C49H94O5Si3. The van der Waals surface area contributed by atoms with Crippen LogP contribution in [0.2, 0.25) is 54.4 Å². The molecule has 3 aliphatic carbocycles. The van der Waals surface area contributed by atoms with E-state index in [9.17, 15) is 0 Å². The summed E-state index contributed by atoms with van der Waals surface area (Å²) in [5, 5.41) is 0.246. The fourth-order valence-electron chi connectivity index (χ4n) is 10.2. The van der Waals surface area contributed by atoms with E-state index >= 15 is 0 Å². The highest BCUT2D eigenvalue weighted by atomic mass is 28.4. The lowest BCUT2D eigenvalue weighted by molar-refractivity contribution is -0.0287. The Morgan fingerprint density at radius 2 is 1.39 bits per heavy atom. The summed E-state index contributed by atoms with van der Waals surface area (Å²) in [6.07, 6.45) is 20.7. The van der Waals surface area contributed by atoms with Gasteiger partial charge in [0.25, 0.3) is 0 Å². The van der Waals surface area contributed by atoms with Gasteiger partial charge in [-0.05, 0) is 155 Å². The van der Waals surface area contributed by atoms with Crippen molar-refractivity contribution in [3.8, 4) is 0 Å². The smallest absolute Gasteiger partial charge is 0.192 e. The van der Waals surface area contributed by atoms with Gasteiger partial charge in [-0.1, -0.05) is 118 Å². The number of rotatable bonds is 20. The maximum absolute atomic E-state index is 7.38. The summed E-state index contributed by atoms with van der Waals surface area (Å²) in [5.74, 6) is 2.26. The molecule has 0 bridgehead atoms. The van der Waals surface area contributed by atoms with Crippen LogP contribution >= 0.6 is 0 Å². The predicted molar refractivity (Wildman–Crippen MR) is 254 cm³/mol. The Morgan fingerprint density at radius 1 is 0.825 bits per heavy atom. The van der Waals surface area contributed by atoms with Crippen LogP contribution in [-0.4, -0.2) is 63.3 Å². The Morgan fingerprint density at radius 3 is 1.89 bits per heavy atom. The predicted octanol–water partition coefficient (Wildman–Crippen LogP) is 15.2. The monoisotopic (exact) mass is 847 g/mol. The average Bonchev–Trinajstić information content (AvgIpc) is 3.46. The van der Waals surface area contributed by atoms with Crippen LogP contribution in [-0.2, 0) is 22.8 Å². The molecule has 3 aliphatic rings. The normalized spacial score (nSPS) is 26.9. The van der Waals surface area contributed by atoms with Crippen LogP contribution in [0.5, 0.6) is 0 Å². The van der Waals surface area contributed by atoms with Gasteiger partial charge in [0.1, 0.15) is 6.79 Å². The van der Waals surface area contributed by atoms with Crippen LogP contribution in [0.4, 0.5) is 0 Å². The van der Waals surface area contributed by atoms with Crippen molar-refractivity contribution in [1.82, 2.24) is 0 Å². The highest BCUT2D eigenvalue weighted by molar-refractivity contribution is 6.74. The topological polar surface area (TPSA) is 46.2 Å². The van der Waals surface area contributed by atoms with Crippen molar-refractivity contribution in [1.29, 1.82) is 0 Å². The number of methoxy groups -OCH3 is 1. The van der Waals surface area contributed by atoms with Gasteiger partial charge in [-0.3, -0.25) is 0 Å². The van der Waals surface area contributed by atoms with Crippen LogP contribution in [0.3, 0.4) is 0 Å². The molecule has 3 rings (SSSR count). The Balaban J connectivity index is 1.88. The third-order valence-electron chi connectivity index (χ3n) is 16.1. The van der Waals surface area contributed by atoms with Gasteiger partial charge in [0.2, 0.25) is 0 Å². The quantitative estimate of drug-likeness (QED) is 0.0529. The van der Waals surface area contributed by atoms with Crippen LogP contribution < -0.4 is 0 Å². The van der Waals surface area contributed by atoms with Crippen molar-refractivity contribution in [2.75, 3.05) is 20.5 Å². The molecule has 57 heavy (non-hydrogen) atoms. The number of hydrogen-bond acceptors (Lipinski definition) is 5. The third kappa shape index (κ3) is 13.3. The lowest BCUT2D eigenvalue weighted by Gasteiger charge is -2.46. The summed E-state index contributed by atoms with van der Waals surface area (Å²) < 4.78 is 32.7. The second-order valence-electron chi connectivity index (χ2n) is 22.6. The number of allylic oxidation sites excluding steroid dienone is 3. The highest BCUT2D eigenvalue weighted by Gasteiger charge is 2.51. The third-order valence-corrected chi connectivity index (χ3v) is 29.9. The molecule has 0 spiro atoms. The van der Waals surface area contributed by atoms with Crippen molar-refractivity contribution < 1.29 is 22.8 Å². The second kappa shape index (κ2) is 20.7. The zero-order valence-electron chi connectivity index (χ0n) is 41.0. The Hall–Kier alpha value is -0.329. The van der Waals surface area contributed by atoms with Crippen molar-refractivity contribution >= 4 is 25.0 Å². The summed E-state index contributed by atoms with van der Waals surface area (Å²) in [6, 6.07) is 3.69. The van der Waals surface area contributed by atoms with E-state index in [1.165, 1.54) is 80.6 Å². The van der Waals surface area contributed by atoms with Crippen molar-refractivity contribution in [3.63, 3.8) is 0 Å². The first-order valence-electron chi connectivity index (χ1n) is 23.5. The number of hydrogen-bond donors (Lipinski definition) is 0. The lowest BCUT2D eigenvalue weighted by Crippen LogP contribution is -2.50. The van der Waals surface area contributed by atoms with Crippen molar-refractivity contribution in [3.05, 3.63) is 34.9 Å². The zero-order chi connectivity index (χ0) is 43.1. The minimum Gasteiger partial charge on any atom is -0.412 e. The molecule has 0 saturated heterocycles. The van der Waals surface area contributed by atoms with Gasteiger partial charge in [-0.25, -0.2) is 0 Å². The molecule has 0 heterocycles. The first-order chi connectivity index (χ1) is 26.3. The van der Waals surface area contributed by atoms with Gasteiger partial charge in [0, 0.05) is 7.11 Å². The van der Waals surface area contributed by atoms with E-state index in [1.54, 1.807) is 12.7 Å². The summed E-state index contributed by atoms with van der Waals surface area (Å²) in [7, 11) is -4.07. The number of fused-ring (bicyclic) bond motifs is 1. The lowest BCUT2D eigenvalue weighted by atomic mass is 9.60. The Kier molecular flexibility index (Phi) is 18.5. The SMILES string of the molecule is CC[Si](CC)(CC)OC(C)(C)CCC[C@@H](C)C1CCC2/C(=C/C=C3C[C@@H](O[Si](C)(C)C(C)(C)C)C(=CCCOCOC)[C@H](O[Si](C)(C)C(C)(C)C)C3)CCC[C@@]21C. The molecule has 6 atom stereocenters. The summed E-state index contributed by atoms with van der Waals surface area (Å²) in [6.45, 7) is 41.8. The van der Waals surface area contributed by atoms with E-state index in [1.807, 2.05) is 0 Å². The van der Waals surface area contributed by atoms with Crippen molar-refractivity contribution in [2.24, 2.45) is 23.2 Å².